The van der Waals surface area contributed by atoms with Crippen LogP contribution in [0.2, 0.25) is 0 Å². The lowest BCUT2D eigenvalue weighted by molar-refractivity contribution is 0.509. The third-order valence-corrected chi connectivity index (χ3v) is 2.97. The molecule has 1 aromatic carbocycles. The molecule has 0 saturated heterocycles. The Labute approximate surface area is 104 Å². The molecule has 0 spiro atoms. The molecule has 0 fully saturated rings. The summed E-state index contributed by atoms with van der Waals surface area (Å²) in [6, 6.07) is 3.83. The number of nitrogens with one attached hydrogen (secondary N) is 1. The summed E-state index contributed by atoms with van der Waals surface area (Å²) < 4.78 is 27.9. The Bertz CT molecular complexity index is 576. The van der Waals surface area contributed by atoms with E-state index in [2.05, 4.69) is 10.4 Å². The molecule has 18 heavy (non-hydrogen) atoms. The maximum atomic E-state index is 13.2. The zero-order valence-electron chi connectivity index (χ0n) is 10.6. The molecule has 5 heteroatoms. The molecule has 0 amide bonds. The minimum absolute atomic E-state index is 0.587. The van der Waals surface area contributed by atoms with Gasteiger partial charge >= 0.3 is 0 Å². The first-order valence-corrected chi connectivity index (χ1v) is 5.67. The lowest BCUT2D eigenvalue weighted by Crippen LogP contribution is -2.10. The maximum Gasteiger partial charge on any atom is 0.159 e. The molecule has 0 radical (unpaired) electrons. The van der Waals surface area contributed by atoms with Gasteiger partial charge in [0, 0.05) is 19.2 Å². The molecular weight excluding hydrogens is 236 g/mol. The van der Waals surface area contributed by atoms with Gasteiger partial charge in [0.15, 0.2) is 11.6 Å². The van der Waals surface area contributed by atoms with Gasteiger partial charge < -0.3 is 5.32 Å². The largest absolute Gasteiger partial charge is 0.314 e. The summed E-state index contributed by atoms with van der Waals surface area (Å²) in [5, 5.41) is 7.41. The summed E-state index contributed by atoms with van der Waals surface area (Å²) in [6.07, 6.45) is 0. The average molecular weight is 251 g/mol. The molecular formula is C13H15F2N3. The minimum Gasteiger partial charge on any atom is -0.314 e. The molecule has 0 saturated carbocycles. The van der Waals surface area contributed by atoms with E-state index in [0.717, 1.165) is 17.3 Å². The zero-order chi connectivity index (χ0) is 13.3. The number of rotatable bonds is 3. The molecule has 0 aliphatic heterocycles. The third kappa shape index (κ3) is 2.13. The SMILES string of the molecule is CNCc1c(C)c(-c2ccc(F)c(F)c2)nn1C. The van der Waals surface area contributed by atoms with E-state index in [9.17, 15) is 8.78 Å². The summed E-state index contributed by atoms with van der Waals surface area (Å²) in [5.41, 5.74) is 3.26. The number of hydrogen-bond acceptors (Lipinski definition) is 2. The maximum absolute atomic E-state index is 13.2. The van der Waals surface area contributed by atoms with E-state index in [1.165, 1.54) is 12.1 Å². The summed E-state index contributed by atoms with van der Waals surface area (Å²) in [5.74, 6) is -1.70. The van der Waals surface area contributed by atoms with Gasteiger partial charge in [0.05, 0.1) is 11.4 Å². The van der Waals surface area contributed by atoms with Crippen molar-refractivity contribution in [1.82, 2.24) is 15.1 Å². The molecule has 0 aliphatic carbocycles. The molecule has 0 atom stereocenters. The van der Waals surface area contributed by atoms with E-state index >= 15 is 0 Å². The van der Waals surface area contributed by atoms with Gasteiger partial charge in [0.25, 0.3) is 0 Å². The van der Waals surface area contributed by atoms with Crippen LogP contribution in [0.3, 0.4) is 0 Å². The van der Waals surface area contributed by atoms with Crippen molar-refractivity contribution in [3.8, 4) is 11.3 Å². The first-order valence-electron chi connectivity index (χ1n) is 5.67. The fraction of sp³-hybridized carbons (Fsp3) is 0.308. The van der Waals surface area contributed by atoms with Gasteiger partial charge in [-0.2, -0.15) is 5.10 Å². The van der Waals surface area contributed by atoms with Crippen molar-refractivity contribution in [3.05, 3.63) is 41.1 Å². The molecule has 1 aromatic heterocycles. The predicted octanol–water partition coefficient (Wildman–Crippen LogP) is 2.39. The Morgan fingerprint density at radius 1 is 1.28 bits per heavy atom. The first kappa shape index (κ1) is 12.7. The van der Waals surface area contributed by atoms with Gasteiger partial charge in [0.1, 0.15) is 0 Å². The van der Waals surface area contributed by atoms with Crippen LogP contribution >= 0.6 is 0 Å². The van der Waals surface area contributed by atoms with Crippen LogP contribution in [0.25, 0.3) is 11.3 Å². The van der Waals surface area contributed by atoms with E-state index in [1.54, 1.807) is 4.68 Å². The number of hydrogen-bond donors (Lipinski definition) is 1. The first-order chi connectivity index (χ1) is 8.54. The smallest absolute Gasteiger partial charge is 0.159 e. The van der Waals surface area contributed by atoms with E-state index in [0.29, 0.717) is 17.8 Å². The molecule has 96 valence electrons. The zero-order valence-corrected chi connectivity index (χ0v) is 10.6. The monoisotopic (exact) mass is 251 g/mol. The number of aryl methyl sites for hydroxylation is 1. The van der Waals surface area contributed by atoms with Crippen LogP contribution < -0.4 is 5.32 Å². The second-order valence-electron chi connectivity index (χ2n) is 4.20. The van der Waals surface area contributed by atoms with E-state index in [-0.39, 0.29) is 0 Å². The van der Waals surface area contributed by atoms with Crippen LogP contribution in [0.15, 0.2) is 18.2 Å². The predicted molar refractivity (Wildman–Crippen MR) is 66.1 cm³/mol. The molecule has 2 aromatic rings. The Hall–Kier alpha value is -1.75. The van der Waals surface area contributed by atoms with Gasteiger partial charge in [-0.25, -0.2) is 8.78 Å². The number of aromatic nitrogens is 2. The summed E-state index contributed by atoms with van der Waals surface area (Å²) in [6.45, 7) is 2.61. The van der Waals surface area contributed by atoms with Crippen LogP contribution in [0.5, 0.6) is 0 Å². The number of halogens is 2. The second-order valence-corrected chi connectivity index (χ2v) is 4.20. The Kier molecular flexibility index (Phi) is 3.43. The van der Waals surface area contributed by atoms with Crippen molar-refractivity contribution in [3.63, 3.8) is 0 Å². The van der Waals surface area contributed by atoms with E-state index < -0.39 is 11.6 Å². The van der Waals surface area contributed by atoms with Crippen LogP contribution in [0, 0.1) is 18.6 Å². The van der Waals surface area contributed by atoms with Crippen molar-refractivity contribution < 1.29 is 8.78 Å². The van der Waals surface area contributed by atoms with Crippen molar-refractivity contribution in [1.29, 1.82) is 0 Å². The highest BCUT2D eigenvalue weighted by Gasteiger charge is 2.14. The molecule has 2 rings (SSSR count). The highest BCUT2D eigenvalue weighted by molar-refractivity contribution is 5.63. The fourth-order valence-electron chi connectivity index (χ4n) is 2.00. The Balaban J connectivity index is 2.50. The van der Waals surface area contributed by atoms with Crippen molar-refractivity contribution >= 4 is 0 Å². The second kappa shape index (κ2) is 4.86. The lowest BCUT2D eigenvalue weighted by atomic mass is 10.1. The molecule has 0 unspecified atom stereocenters. The van der Waals surface area contributed by atoms with E-state index in [1.807, 2.05) is 21.0 Å². The molecule has 3 nitrogen and oxygen atoms in total. The average Bonchev–Trinajstić information content (AvgIpc) is 2.61. The van der Waals surface area contributed by atoms with Crippen LogP contribution in [-0.2, 0) is 13.6 Å². The van der Waals surface area contributed by atoms with Gasteiger partial charge in [-0.05, 0) is 37.7 Å². The van der Waals surface area contributed by atoms with Crippen molar-refractivity contribution in [2.24, 2.45) is 7.05 Å². The van der Waals surface area contributed by atoms with Gasteiger partial charge in [-0.15, -0.1) is 0 Å². The van der Waals surface area contributed by atoms with Crippen LogP contribution in [-0.4, -0.2) is 16.8 Å². The van der Waals surface area contributed by atoms with Crippen molar-refractivity contribution in [2.45, 2.75) is 13.5 Å². The normalized spacial score (nSPS) is 10.9. The Morgan fingerprint density at radius 3 is 2.61 bits per heavy atom. The summed E-state index contributed by atoms with van der Waals surface area (Å²) >= 11 is 0. The molecule has 1 heterocycles. The van der Waals surface area contributed by atoms with Gasteiger partial charge in [-0.3, -0.25) is 4.68 Å². The standard InChI is InChI=1S/C13H15F2N3/c1-8-12(7-16-2)18(3)17-13(8)9-4-5-10(14)11(15)6-9/h4-6,16H,7H2,1-3H3. The molecule has 0 bridgehead atoms. The van der Waals surface area contributed by atoms with Gasteiger partial charge in [-0.1, -0.05) is 0 Å². The number of benzene rings is 1. The fourth-order valence-corrected chi connectivity index (χ4v) is 2.00. The van der Waals surface area contributed by atoms with E-state index in [4.69, 9.17) is 0 Å². The van der Waals surface area contributed by atoms with Crippen molar-refractivity contribution in [2.75, 3.05) is 7.05 Å². The van der Waals surface area contributed by atoms with Gasteiger partial charge in [0.2, 0.25) is 0 Å². The Morgan fingerprint density at radius 2 is 2.00 bits per heavy atom. The lowest BCUT2D eigenvalue weighted by Gasteiger charge is -2.02. The number of nitrogens with zero attached hydrogens (tertiary/aromatic N) is 2. The van der Waals surface area contributed by atoms with Crippen LogP contribution in [0.1, 0.15) is 11.3 Å². The molecule has 1 N–H and O–H groups in total. The quantitative estimate of drug-likeness (QED) is 0.907. The minimum atomic E-state index is -0.854. The highest BCUT2D eigenvalue weighted by Crippen LogP contribution is 2.25. The third-order valence-electron chi connectivity index (χ3n) is 2.97. The van der Waals surface area contributed by atoms with Crippen LogP contribution in [0.4, 0.5) is 8.78 Å². The summed E-state index contributed by atoms with van der Waals surface area (Å²) in [4.78, 5) is 0. The molecule has 0 aliphatic rings. The highest BCUT2D eigenvalue weighted by atomic mass is 19.2. The topological polar surface area (TPSA) is 29.9 Å². The summed E-state index contributed by atoms with van der Waals surface area (Å²) in [7, 11) is 3.69.